The average molecular weight is 536 g/mol. The molecule has 2 aromatic rings. The summed E-state index contributed by atoms with van der Waals surface area (Å²) in [6.45, 7) is 5.40. The summed E-state index contributed by atoms with van der Waals surface area (Å²) in [6, 6.07) is 11.9. The molecule has 0 unspecified atom stereocenters. The second-order valence-electron chi connectivity index (χ2n) is 9.32. The summed E-state index contributed by atoms with van der Waals surface area (Å²) in [5.41, 5.74) is 2.98. The van der Waals surface area contributed by atoms with Crippen molar-refractivity contribution in [2.24, 2.45) is 5.92 Å². The molecule has 206 valence electrons. The molecule has 39 heavy (non-hydrogen) atoms. The number of phenols is 1. The van der Waals surface area contributed by atoms with Crippen LogP contribution in [0.4, 0.5) is 0 Å². The van der Waals surface area contributed by atoms with Gasteiger partial charge in [-0.25, -0.2) is 4.79 Å². The normalized spacial score (nSPS) is 20.6. The maximum absolute atomic E-state index is 14.4. The van der Waals surface area contributed by atoms with Gasteiger partial charge in [-0.05, 0) is 62.6 Å². The van der Waals surface area contributed by atoms with Crippen molar-refractivity contribution in [3.8, 4) is 17.2 Å². The molecule has 0 saturated carbocycles. The largest absolute Gasteiger partial charge is 0.504 e. The van der Waals surface area contributed by atoms with E-state index in [-0.39, 0.29) is 35.9 Å². The van der Waals surface area contributed by atoms with Crippen LogP contribution in [0, 0.1) is 5.92 Å². The minimum Gasteiger partial charge on any atom is -0.504 e. The Morgan fingerprint density at radius 1 is 1.00 bits per heavy atom. The molecule has 3 atom stereocenters. The number of ketones is 1. The monoisotopic (exact) mass is 535 g/mol. The van der Waals surface area contributed by atoms with E-state index < -0.39 is 35.5 Å². The molecule has 4 rings (SSSR count). The average Bonchev–Trinajstić information content (AvgIpc) is 2.92. The minimum atomic E-state index is -1.14. The predicted molar refractivity (Wildman–Crippen MR) is 142 cm³/mol. The first-order valence-corrected chi connectivity index (χ1v) is 12.8. The van der Waals surface area contributed by atoms with E-state index in [1.54, 1.807) is 46.1 Å². The fourth-order valence-corrected chi connectivity index (χ4v) is 5.41. The highest BCUT2D eigenvalue weighted by molar-refractivity contribution is 6.13. The van der Waals surface area contributed by atoms with E-state index in [1.165, 1.54) is 13.2 Å². The van der Waals surface area contributed by atoms with Crippen LogP contribution in [0.1, 0.15) is 50.2 Å². The Bertz CT molecular complexity index is 1360. The Balaban J connectivity index is 1.93. The van der Waals surface area contributed by atoms with Crippen molar-refractivity contribution in [2.45, 2.75) is 39.0 Å². The lowest BCUT2D eigenvalue weighted by atomic mass is 9.67. The van der Waals surface area contributed by atoms with Gasteiger partial charge >= 0.3 is 11.9 Å². The number of hydrogen-bond donors (Lipinski definition) is 2. The molecule has 0 fully saturated rings. The number of hydrogen-bond acceptors (Lipinski definition) is 9. The highest BCUT2D eigenvalue weighted by Crippen LogP contribution is 2.49. The molecule has 1 heterocycles. The van der Waals surface area contributed by atoms with Crippen LogP contribution in [0.3, 0.4) is 0 Å². The lowest BCUT2D eigenvalue weighted by Crippen LogP contribution is -2.43. The van der Waals surface area contributed by atoms with Gasteiger partial charge in [-0.15, -0.1) is 0 Å². The number of esters is 2. The van der Waals surface area contributed by atoms with Crippen LogP contribution in [-0.4, -0.2) is 50.3 Å². The van der Waals surface area contributed by atoms with Gasteiger partial charge in [0.15, 0.2) is 17.3 Å². The van der Waals surface area contributed by atoms with E-state index in [0.717, 1.165) is 5.56 Å². The smallest absolute Gasteiger partial charge is 0.336 e. The summed E-state index contributed by atoms with van der Waals surface area (Å²) in [5.74, 6) is -3.46. The van der Waals surface area contributed by atoms with Gasteiger partial charge in [0, 0.05) is 28.8 Å². The highest BCUT2D eigenvalue weighted by Gasteiger charge is 2.49. The van der Waals surface area contributed by atoms with Gasteiger partial charge in [0.25, 0.3) is 0 Å². The van der Waals surface area contributed by atoms with E-state index in [4.69, 9.17) is 18.9 Å². The lowest BCUT2D eigenvalue weighted by Gasteiger charge is -2.39. The van der Waals surface area contributed by atoms with Crippen LogP contribution in [-0.2, 0) is 23.9 Å². The SMILES string of the molecule is CCOC(=O)C1=C(C)NC2=C(C(=O)[C@@H](C(=O)OCC)[C@@H](c3cccc(OC)c3)C2)[C@@H]1c1ccc(O)c(OC)c1. The number of dihydropyridines is 1. The molecule has 0 spiro atoms. The van der Waals surface area contributed by atoms with Gasteiger partial charge in [-0.1, -0.05) is 18.2 Å². The Hall–Kier alpha value is -4.27. The lowest BCUT2D eigenvalue weighted by molar-refractivity contribution is -0.152. The van der Waals surface area contributed by atoms with E-state index in [9.17, 15) is 19.5 Å². The van der Waals surface area contributed by atoms with Crippen LogP contribution >= 0.6 is 0 Å². The molecule has 1 aliphatic heterocycles. The van der Waals surface area contributed by atoms with E-state index in [1.807, 2.05) is 18.2 Å². The van der Waals surface area contributed by atoms with Crippen LogP contribution in [0.5, 0.6) is 17.2 Å². The van der Waals surface area contributed by atoms with Gasteiger partial charge < -0.3 is 29.4 Å². The number of carbonyl (C=O) groups excluding carboxylic acids is 3. The number of benzene rings is 2. The molecule has 2 aliphatic rings. The molecule has 1 aliphatic carbocycles. The second-order valence-corrected chi connectivity index (χ2v) is 9.32. The van der Waals surface area contributed by atoms with Crippen molar-refractivity contribution < 1.29 is 38.4 Å². The Labute approximate surface area is 227 Å². The van der Waals surface area contributed by atoms with Crippen LogP contribution in [0.25, 0.3) is 0 Å². The summed E-state index contributed by atoms with van der Waals surface area (Å²) in [7, 11) is 2.97. The summed E-state index contributed by atoms with van der Waals surface area (Å²) in [5, 5.41) is 13.5. The number of aromatic hydroxyl groups is 1. The quantitative estimate of drug-likeness (QED) is 0.380. The summed E-state index contributed by atoms with van der Waals surface area (Å²) < 4.78 is 21.4. The molecule has 2 N–H and O–H groups in total. The third-order valence-electron chi connectivity index (χ3n) is 7.11. The first-order valence-electron chi connectivity index (χ1n) is 12.8. The predicted octanol–water partition coefficient (Wildman–Crippen LogP) is 4.12. The molecule has 0 radical (unpaired) electrons. The molecule has 0 amide bonds. The van der Waals surface area contributed by atoms with Gasteiger partial charge in [-0.3, -0.25) is 9.59 Å². The fraction of sp³-hybridized carbons (Fsp3) is 0.367. The van der Waals surface area contributed by atoms with Gasteiger partial charge in [0.2, 0.25) is 0 Å². The van der Waals surface area contributed by atoms with E-state index in [0.29, 0.717) is 29.1 Å². The number of rotatable bonds is 8. The zero-order chi connectivity index (χ0) is 28.3. The number of methoxy groups -OCH3 is 2. The van der Waals surface area contributed by atoms with E-state index >= 15 is 0 Å². The van der Waals surface area contributed by atoms with Crippen molar-refractivity contribution in [1.29, 1.82) is 0 Å². The van der Waals surface area contributed by atoms with Crippen molar-refractivity contribution in [1.82, 2.24) is 5.32 Å². The van der Waals surface area contributed by atoms with Crippen LogP contribution in [0.2, 0.25) is 0 Å². The van der Waals surface area contributed by atoms with Gasteiger partial charge in [0.05, 0.1) is 33.0 Å². The molecule has 9 nitrogen and oxygen atoms in total. The second kappa shape index (κ2) is 11.6. The topological polar surface area (TPSA) is 120 Å². The van der Waals surface area contributed by atoms with Crippen LogP contribution in [0.15, 0.2) is 65.0 Å². The molecular weight excluding hydrogens is 502 g/mol. The van der Waals surface area contributed by atoms with Crippen LogP contribution < -0.4 is 14.8 Å². The Morgan fingerprint density at radius 2 is 1.74 bits per heavy atom. The first kappa shape index (κ1) is 27.8. The first-order chi connectivity index (χ1) is 18.7. The molecule has 2 aromatic carbocycles. The highest BCUT2D eigenvalue weighted by atomic mass is 16.5. The summed E-state index contributed by atoms with van der Waals surface area (Å²) in [6.07, 6.45) is 0.316. The molecule has 0 aromatic heterocycles. The molecular formula is C30H33NO8. The standard InChI is InChI=1S/C30H33NO8/c1-6-38-29(34)24-16(3)31-21-15-20(17-9-8-10-19(13-17)36-4)26(30(35)39-7-2)28(33)27(21)25(24)18-11-12-22(32)23(14-18)37-5/h8-14,20,25-26,31-32H,6-7,15H2,1-5H3/t20-,25-,26+/m1/s1. The fourth-order valence-electron chi connectivity index (χ4n) is 5.41. The van der Waals surface area contributed by atoms with Crippen molar-refractivity contribution in [2.75, 3.05) is 27.4 Å². The third-order valence-corrected chi connectivity index (χ3v) is 7.11. The number of ether oxygens (including phenoxy) is 4. The zero-order valence-corrected chi connectivity index (χ0v) is 22.7. The van der Waals surface area contributed by atoms with Gasteiger partial charge in [0.1, 0.15) is 11.7 Å². The van der Waals surface area contributed by atoms with Crippen molar-refractivity contribution in [3.63, 3.8) is 0 Å². The van der Waals surface area contributed by atoms with Gasteiger partial charge in [-0.2, -0.15) is 0 Å². The Morgan fingerprint density at radius 3 is 2.41 bits per heavy atom. The van der Waals surface area contributed by atoms with Crippen molar-refractivity contribution in [3.05, 3.63) is 76.1 Å². The maximum atomic E-state index is 14.4. The number of phenolic OH excluding ortho intramolecular Hbond substituents is 1. The number of carbonyl (C=O) groups is 3. The molecule has 0 saturated heterocycles. The van der Waals surface area contributed by atoms with E-state index in [2.05, 4.69) is 5.32 Å². The summed E-state index contributed by atoms with van der Waals surface area (Å²) in [4.78, 5) is 40.9. The Kier molecular flexibility index (Phi) is 8.28. The van der Waals surface area contributed by atoms with Crippen molar-refractivity contribution >= 4 is 17.7 Å². The molecule has 0 bridgehead atoms. The minimum absolute atomic E-state index is 0.0831. The maximum Gasteiger partial charge on any atom is 0.336 e. The summed E-state index contributed by atoms with van der Waals surface area (Å²) >= 11 is 0. The molecule has 9 heteroatoms. The zero-order valence-electron chi connectivity index (χ0n) is 22.7. The number of allylic oxidation sites excluding steroid dienone is 3. The third kappa shape index (κ3) is 5.21. The number of nitrogens with one attached hydrogen (secondary N) is 1. The number of Topliss-reactive ketones (excluding diaryl/α,β-unsaturated/α-hetero) is 1.